The molecule has 4 rings (SSSR count). The van der Waals surface area contributed by atoms with Gasteiger partial charge in [-0.05, 0) is 39.0 Å². The fourth-order valence-electron chi connectivity index (χ4n) is 3.32. The van der Waals surface area contributed by atoms with Gasteiger partial charge in [-0.15, -0.1) is 8.46 Å². The van der Waals surface area contributed by atoms with Crippen LogP contribution in [0.3, 0.4) is 0 Å². The highest BCUT2D eigenvalue weighted by Gasteiger charge is 2.11. The first-order valence-electron chi connectivity index (χ1n) is 7.78. The summed E-state index contributed by atoms with van der Waals surface area (Å²) >= 11 is 13.2. The molecule has 0 radical (unpaired) electrons. The maximum atomic E-state index is 6.63. The molecule has 0 spiro atoms. The van der Waals surface area contributed by atoms with E-state index in [2.05, 4.69) is 65.2 Å². The number of hydrogen-bond acceptors (Lipinski definition) is 0. The lowest BCUT2D eigenvalue weighted by Gasteiger charge is -2.12. The van der Waals surface area contributed by atoms with E-state index in [0.29, 0.717) is 0 Å². The molecule has 0 aliphatic rings. The van der Waals surface area contributed by atoms with Crippen LogP contribution in [0.5, 0.6) is 0 Å². The SMILES string of the molecule is BPc1ccc2c(c1)c(Cl)cc1c3ccc(BP)c(Cl)c3ccc21. The minimum Gasteiger partial charge on any atom is -0.169 e. The first kappa shape index (κ1) is 16.7. The number of halogens is 2. The molecule has 2 atom stereocenters. The van der Waals surface area contributed by atoms with Crippen LogP contribution in [-0.4, -0.2) is 14.6 Å². The monoisotopic (exact) mass is 384 g/mol. The van der Waals surface area contributed by atoms with Crippen molar-refractivity contribution in [2.24, 2.45) is 0 Å². The van der Waals surface area contributed by atoms with Crippen LogP contribution in [0.2, 0.25) is 10.0 Å². The normalized spacial score (nSPS) is 12.0. The molecule has 116 valence electrons. The largest absolute Gasteiger partial charge is 0.182 e. The van der Waals surface area contributed by atoms with E-state index in [1.165, 1.54) is 16.1 Å². The first-order chi connectivity index (χ1) is 11.6. The summed E-state index contributed by atoms with van der Waals surface area (Å²) in [5, 5.41) is 9.93. The summed E-state index contributed by atoms with van der Waals surface area (Å²) in [5.74, 6) is 0. The number of benzene rings is 4. The van der Waals surface area contributed by atoms with Gasteiger partial charge in [-0.1, -0.05) is 65.1 Å². The highest BCUT2D eigenvalue weighted by molar-refractivity contribution is 7.73. The van der Waals surface area contributed by atoms with Crippen LogP contribution in [0.25, 0.3) is 32.3 Å². The summed E-state index contributed by atoms with van der Waals surface area (Å²) in [4.78, 5) is 0. The Labute approximate surface area is 156 Å². The summed E-state index contributed by atoms with van der Waals surface area (Å²) in [7, 11) is 5.70. The third-order valence-corrected chi connectivity index (χ3v) is 6.69. The second-order valence-corrected chi connectivity index (χ2v) is 8.14. The van der Waals surface area contributed by atoms with E-state index >= 15 is 0 Å². The molecule has 4 aromatic rings. The molecule has 0 aliphatic carbocycles. The molecule has 0 amide bonds. The molecule has 0 saturated carbocycles. The van der Waals surface area contributed by atoms with Crippen LogP contribution in [0.1, 0.15) is 0 Å². The second-order valence-electron chi connectivity index (χ2n) is 5.87. The van der Waals surface area contributed by atoms with Gasteiger partial charge < -0.3 is 0 Å². The van der Waals surface area contributed by atoms with Crippen molar-refractivity contribution in [3.8, 4) is 0 Å². The van der Waals surface area contributed by atoms with Crippen molar-refractivity contribution in [3.05, 3.63) is 58.6 Å². The number of fused-ring (bicyclic) bond motifs is 5. The zero-order chi connectivity index (χ0) is 16.8. The van der Waals surface area contributed by atoms with Gasteiger partial charge in [0.2, 0.25) is 0 Å². The molecule has 0 saturated heterocycles. The zero-order valence-electron chi connectivity index (χ0n) is 13.2. The molecular formula is C18H14B2Cl2P2. The molecule has 0 heterocycles. The Morgan fingerprint density at radius 1 is 0.792 bits per heavy atom. The Morgan fingerprint density at radius 3 is 2.17 bits per heavy atom. The molecule has 4 aromatic carbocycles. The fraction of sp³-hybridized carbons (Fsp3) is 0. The Hall–Kier alpha value is -0.770. The van der Waals surface area contributed by atoms with E-state index in [1.807, 2.05) is 0 Å². The second kappa shape index (κ2) is 6.51. The third-order valence-electron chi connectivity index (χ3n) is 4.60. The lowest BCUT2D eigenvalue weighted by atomic mass is 9.89. The van der Waals surface area contributed by atoms with Crippen molar-refractivity contribution in [2.75, 3.05) is 0 Å². The summed E-state index contributed by atoms with van der Waals surface area (Å²) < 4.78 is 0. The van der Waals surface area contributed by atoms with Gasteiger partial charge in [-0.2, -0.15) is 9.12 Å². The van der Waals surface area contributed by atoms with Crippen molar-refractivity contribution >= 4 is 98.4 Å². The fourth-order valence-corrected chi connectivity index (χ4v) is 4.90. The average molecular weight is 385 g/mol. The van der Waals surface area contributed by atoms with Crippen LogP contribution < -0.4 is 10.8 Å². The Morgan fingerprint density at radius 2 is 1.42 bits per heavy atom. The molecule has 0 aliphatic heterocycles. The molecule has 0 N–H and O–H groups in total. The maximum Gasteiger partial charge on any atom is 0.182 e. The van der Waals surface area contributed by atoms with Gasteiger partial charge in [-0.3, -0.25) is 0 Å². The lowest BCUT2D eigenvalue weighted by Crippen LogP contribution is -2.09. The van der Waals surface area contributed by atoms with E-state index < -0.39 is 0 Å². The smallest absolute Gasteiger partial charge is 0.169 e. The van der Waals surface area contributed by atoms with E-state index in [1.54, 1.807) is 0 Å². The van der Waals surface area contributed by atoms with E-state index in [-0.39, 0.29) is 0 Å². The highest BCUT2D eigenvalue weighted by Crippen LogP contribution is 2.37. The van der Waals surface area contributed by atoms with Crippen LogP contribution in [0.4, 0.5) is 0 Å². The average Bonchev–Trinajstić information content (AvgIpc) is 2.62. The zero-order valence-corrected chi connectivity index (χ0v) is 16.8. The van der Waals surface area contributed by atoms with Crippen molar-refractivity contribution < 1.29 is 0 Å². The van der Waals surface area contributed by atoms with Gasteiger partial charge in [0.1, 0.15) is 7.57 Å². The molecule has 0 bridgehead atoms. The van der Waals surface area contributed by atoms with Crippen molar-refractivity contribution in [1.29, 1.82) is 0 Å². The minimum absolute atomic E-state index is 0.770. The molecule has 0 aromatic heterocycles. The van der Waals surface area contributed by atoms with Gasteiger partial charge in [0.25, 0.3) is 0 Å². The summed E-state index contributed by atoms with van der Waals surface area (Å²) in [6.45, 7) is 0.853. The van der Waals surface area contributed by atoms with Gasteiger partial charge in [0, 0.05) is 20.8 Å². The van der Waals surface area contributed by atoms with Gasteiger partial charge >= 0.3 is 0 Å². The highest BCUT2D eigenvalue weighted by atomic mass is 35.5. The molecular weight excluding hydrogens is 371 g/mol. The van der Waals surface area contributed by atoms with Gasteiger partial charge in [0.15, 0.2) is 7.00 Å². The predicted octanol–water partition coefficient (Wildman–Crippen LogP) is 4.16. The predicted molar refractivity (Wildman–Crippen MR) is 122 cm³/mol. The standard InChI is InChI=1S/C18H14B2Cl2P2/c19-24-9-1-2-11-10-3-4-13-12(5-6-16(20-23)18(13)22)14(10)8-17(21)15(11)7-9/h1-8,20,24H,19,23H2. The Bertz CT molecular complexity index is 1110. The van der Waals surface area contributed by atoms with Crippen molar-refractivity contribution in [3.63, 3.8) is 0 Å². The quantitative estimate of drug-likeness (QED) is 0.276. The van der Waals surface area contributed by atoms with E-state index in [4.69, 9.17) is 23.2 Å². The van der Waals surface area contributed by atoms with Gasteiger partial charge in [0.05, 0.1) is 0 Å². The van der Waals surface area contributed by atoms with Crippen LogP contribution in [0, 0.1) is 0 Å². The Kier molecular flexibility index (Phi) is 4.53. The maximum absolute atomic E-state index is 6.63. The molecule has 0 nitrogen and oxygen atoms in total. The molecule has 24 heavy (non-hydrogen) atoms. The molecule has 6 heteroatoms. The summed E-state index contributed by atoms with van der Waals surface area (Å²) in [6, 6.07) is 17.3. The topological polar surface area (TPSA) is 0 Å². The van der Waals surface area contributed by atoms with Gasteiger partial charge in [-0.25, -0.2) is 0 Å². The summed E-state index contributed by atoms with van der Waals surface area (Å²) in [5.41, 5.74) is 1.15. The van der Waals surface area contributed by atoms with Crippen molar-refractivity contribution in [2.45, 2.75) is 0 Å². The number of hydrogen-bond donors (Lipinski definition) is 0. The van der Waals surface area contributed by atoms with Crippen LogP contribution >= 0.6 is 40.8 Å². The third kappa shape index (κ3) is 2.56. The van der Waals surface area contributed by atoms with Crippen LogP contribution in [-0.2, 0) is 0 Å². The first-order valence-corrected chi connectivity index (χ1v) is 10.8. The molecule has 0 fully saturated rings. The Balaban J connectivity index is 2.16. The van der Waals surface area contributed by atoms with E-state index in [9.17, 15) is 0 Å². The van der Waals surface area contributed by atoms with Crippen LogP contribution in [0.15, 0.2) is 48.5 Å². The molecule has 2 unspecified atom stereocenters. The van der Waals surface area contributed by atoms with E-state index in [0.717, 1.165) is 52.5 Å². The number of rotatable bonds is 2. The van der Waals surface area contributed by atoms with Crippen molar-refractivity contribution in [1.82, 2.24) is 0 Å². The summed E-state index contributed by atoms with van der Waals surface area (Å²) in [6.07, 6.45) is 0. The minimum atomic E-state index is 0.770. The lowest BCUT2D eigenvalue weighted by molar-refractivity contribution is 1.81.